The summed E-state index contributed by atoms with van der Waals surface area (Å²) in [4.78, 5) is 9.82. The van der Waals surface area contributed by atoms with E-state index in [9.17, 15) is 0 Å². The predicted octanol–water partition coefficient (Wildman–Crippen LogP) is 2.64. The number of rotatable bonds is 9. The molecule has 0 saturated carbocycles. The summed E-state index contributed by atoms with van der Waals surface area (Å²) in [5.74, 6) is 2.33. The average molecular weight is 503 g/mol. The van der Waals surface area contributed by atoms with Crippen LogP contribution in [0.4, 0.5) is 0 Å². The molecule has 1 unspecified atom stereocenters. The quantitative estimate of drug-likeness (QED) is 0.309. The lowest BCUT2D eigenvalue weighted by Gasteiger charge is -2.35. The molecule has 0 radical (unpaired) electrons. The van der Waals surface area contributed by atoms with E-state index in [0.29, 0.717) is 12.5 Å². The minimum Gasteiger partial charge on any atom is -0.497 e. The highest BCUT2D eigenvalue weighted by atomic mass is 127. The Morgan fingerprint density at radius 2 is 1.86 bits per heavy atom. The number of nitrogens with zero attached hydrogens (tertiary/aromatic N) is 3. The Hall–Kier alpha value is -1.06. The highest BCUT2D eigenvalue weighted by Crippen LogP contribution is 2.13. The van der Waals surface area contributed by atoms with E-state index in [1.165, 1.54) is 32.7 Å². The van der Waals surface area contributed by atoms with Crippen LogP contribution in [0.2, 0.25) is 0 Å². The molecule has 2 rings (SSSR count). The lowest BCUT2D eigenvalue weighted by molar-refractivity contribution is 0.124. The van der Waals surface area contributed by atoms with Crippen LogP contribution in [0.3, 0.4) is 0 Å². The molecule has 28 heavy (non-hydrogen) atoms. The number of methoxy groups -OCH3 is 1. The second kappa shape index (κ2) is 14.0. The van der Waals surface area contributed by atoms with Gasteiger partial charge in [-0.3, -0.25) is 0 Å². The maximum absolute atomic E-state index is 5.29. The van der Waals surface area contributed by atoms with Crippen LogP contribution in [0.5, 0.6) is 5.75 Å². The molecular formula is C21H38IN5O. The van der Waals surface area contributed by atoms with Crippen molar-refractivity contribution in [2.24, 2.45) is 10.9 Å². The average Bonchev–Trinajstić information content (AvgIpc) is 2.70. The molecule has 0 aromatic heterocycles. The molecule has 7 heteroatoms. The van der Waals surface area contributed by atoms with Crippen molar-refractivity contribution in [2.75, 3.05) is 59.5 Å². The number of benzene rings is 1. The van der Waals surface area contributed by atoms with Crippen LogP contribution in [0.1, 0.15) is 26.3 Å². The number of ether oxygens (including phenoxy) is 1. The van der Waals surface area contributed by atoms with Crippen molar-refractivity contribution >= 4 is 29.9 Å². The van der Waals surface area contributed by atoms with Crippen molar-refractivity contribution in [1.29, 1.82) is 0 Å². The first-order chi connectivity index (χ1) is 13.1. The molecule has 0 amide bonds. The molecule has 1 aliphatic heterocycles. The van der Waals surface area contributed by atoms with Gasteiger partial charge in [0, 0.05) is 45.8 Å². The van der Waals surface area contributed by atoms with Gasteiger partial charge in [-0.2, -0.15) is 0 Å². The molecule has 0 bridgehead atoms. The molecule has 1 saturated heterocycles. The van der Waals surface area contributed by atoms with E-state index < -0.39 is 0 Å². The van der Waals surface area contributed by atoms with E-state index in [1.54, 1.807) is 7.11 Å². The highest BCUT2D eigenvalue weighted by molar-refractivity contribution is 14.0. The van der Waals surface area contributed by atoms with Gasteiger partial charge >= 0.3 is 0 Å². The summed E-state index contributed by atoms with van der Waals surface area (Å²) in [7, 11) is 1.69. The van der Waals surface area contributed by atoms with Crippen LogP contribution in [0, 0.1) is 5.92 Å². The first-order valence-electron chi connectivity index (χ1n) is 10.2. The second-order valence-electron chi connectivity index (χ2n) is 7.27. The Labute approximate surface area is 188 Å². The number of likely N-dealkylation sites (N-methyl/N-ethyl adjacent to an activating group) is 1. The van der Waals surface area contributed by atoms with Crippen LogP contribution in [-0.4, -0.2) is 75.2 Å². The SMILES string of the molecule is CCNC(=NCc1cccc(OC)c1)NCC(C)CN1CCN(CC)CC1.I. The zero-order chi connectivity index (χ0) is 19.5. The molecule has 1 atom stereocenters. The maximum Gasteiger partial charge on any atom is 0.191 e. The standard InChI is InChI=1S/C21H37N5O.HI/c1-5-22-21(24-16-19-8-7-9-20(14-19)27-4)23-15-18(3)17-26-12-10-25(6-2)11-13-26;/h7-9,14,18H,5-6,10-13,15-17H2,1-4H3,(H2,22,23,24);1H. The minimum absolute atomic E-state index is 0. The summed E-state index contributed by atoms with van der Waals surface area (Å²) in [6.07, 6.45) is 0. The lowest BCUT2D eigenvalue weighted by atomic mass is 10.1. The summed E-state index contributed by atoms with van der Waals surface area (Å²) in [5, 5.41) is 6.84. The molecule has 1 aromatic rings. The first kappa shape index (κ1) is 25.0. The number of piperazine rings is 1. The van der Waals surface area contributed by atoms with Gasteiger partial charge in [-0.05, 0) is 37.1 Å². The fourth-order valence-corrected chi connectivity index (χ4v) is 3.35. The van der Waals surface area contributed by atoms with Crippen molar-refractivity contribution in [2.45, 2.75) is 27.3 Å². The topological polar surface area (TPSA) is 52.1 Å². The van der Waals surface area contributed by atoms with Crippen molar-refractivity contribution in [3.8, 4) is 5.75 Å². The van der Waals surface area contributed by atoms with Gasteiger partial charge in [0.1, 0.15) is 5.75 Å². The zero-order valence-electron chi connectivity index (χ0n) is 17.9. The molecule has 6 nitrogen and oxygen atoms in total. The molecule has 0 aliphatic carbocycles. The van der Waals surface area contributed by atoms with Gasteiger partial charge in [0.15, 0.2) is 5.96 Å². The molecule has 1 fully saturated rings. The molecule has 1 aliphatic rings. The minimum atomic E-state index is 0. The Balaban J connectivity index is 0.00000392. The van der Waals surface area contributed by atoms with E-state index >= 15 is 0 Å². The van der Waals surface area contributed by atoms with Crippen LogP contribution < -0.4 is 15.4 Å². The van der Waals surface area contributed by atoms with E-state index in [0.717, 1.165) is 36.9 Å². The number of nitrogens with one attached hydrogen (secondary N) is 2. The van der Waals surface area contributed by atoms with Crippen molar-refractivity contribution in [3.05, 3.63) is 29.8 Å². The number of halogens is 1. The zero-order valence-corrected chi connectivity index (χ0v) is 20.2. The molecule has 1 aromatic carbocycles. The normalized spacial score (nSPS) is 16.9. The Morgan fingerprint density at radius 3 is 2.50 bits per heavy atom. The maximum atomic E-state index is 5.29. The fraction of sp³-hybridized carbons (Fsp3) is 0.667. The molecule has 2 N–H and O–H groups in total. The highest BCUT2D eigenvalue weighted by Gasteiger charge is 2.17. The third-order valence-electron chi connectivity index (χ3n) is 5.00. The second-order valence-corrected chi connectivity index (χ2v) is 7.27. The Bertz CT molecular complexity index is 576. The summed E-state index contributed by atoms with van der Waals surface area (Å²) >= 11 is 0. The van der Waals surface area contributed by atoms with E-state index in [4.69, 9.17) is 9.73 Å². The Kier molecular flexibility index (Phi) is 12.5. The monoisotopic (exact) mass is 503 g/mol. The number of aliphatic imine (C=N–C) groups is 1. The van der Waals surface area contributed by atoms with Crippen molar-refractivity contribution in [3.63, 3.8) is 0 Å². The predicted molar refractivity (Wildman–Crippen MR) is 129 cm³/mol. The van der Waals surface area contributed by atoms with Gasteiger partial charge in [0.05, 0.1) is 13.7 Å². The van der Waals surface area contributed by atoms with Gasteiger partial charge in [-0.25, -0.2) is 4.99 Å². The van der Waals surface area contributed by atoms with E-state index in [1.807, 2.05) is 18.2 Å². The van der Waals surface area contributed by atoms with Gasteiger partial charge in [0.25, 0.3) is 0 Å². The number of guanidine groups is 1. The molecule has 0 spiro atoms. The summed E-state index contributed by atoms with van der Waals surface area (Å²) in [6, 6.07) is 8.07. The van der Waals surface area contributed by atoms with Gasteiger partial charge in [-0.1, -0.05) is 26.0 Å². The lowest BCUT2D eigenvalue weighted by Crippen LogP contribution is -2.48. The van der Waals surface area contributed by atoms with E-state index in [-0.39, 0.29) is 24.0 Å². The van der Waals surface area contributed by atoms with Crippen LogP contribution >= 0.6 is 24.0 Å². The van der Waals surface area contributed by atoms with Gasteiger partial charge < -0.3 is 25.2 Å². The van der Waals surface area contributed by atoms with Crippen molar-refractivity contribution in [1.82, 2.24) is 20.4 Å². The van der Waals surface area contributed by atoms with Crippen LogP contribution in [0.15, 0.2) is 29.3 Å². The third kappa shape index (κ3) is 8.96. The first-order valence-corrected chi connectivity index (χ1v) is 10.2. The van der Waals surface area contributed by atoms with Gasteiger partial charge in [0.2, 0.25) is 0 Å². The summed E-state index contributed by atoms with van der Waals surface area (Å²) in [5.41, 5.74) is 1.15. The van der Waals surface area contributed by atoms with E-state index in [2.05, 4.69) is 47.3 Å². The summed E-state index contributed by atoms with van der Waals surface area (Å²) in [6.45, 7) is 16.1. The molecular weight excluding hydrogens is 465 g/mol. The third-order valence-corrected chi connectivity index (χ3v) is 5.00. The van der Waals surface area contributed by atoms with Gasteiger partial charge in [-0.15, -0.1) is 24.0 Å². The fourth-order valence-electron chi connectivity index (χ4n) is 3.35. The largest absolute Gasteiger partial charge is 0.497 e. The number of hydrogen-bond acceptors (Lipinski definition) is 4. The number of hydrogen-bond donors (Lipinski definition) is 2. The van der Waals surface area contributed by atoms with Crippen LogP contribution in [-0.2, 0) is 6.54 Å². The molecule has 160 valence electrons. The Morgan fingerprint density at radius 1 is 1.14 bits per heavy atom. The summed E-state index contributed by atoms with van der Waals surface area (Å²) < 4.78 is 5.29. The van der Waals surface area contributed by atoms with Crippen molar-refractivity contribution < 1.29 is 4.74 Å². The molecule has 1 heterocycles. The smallest absolute Gasteiger partial charge is 0.191 e. The van der Waals surface area contributed by atoms with Crippen LogP contribution in [0.25, 0.3) is 0 Å².